The standard InChI is InChI=1S/C29H19BrN2/c30-27-22-16-8-3-9-18-24(22)31-29(27)32-25-19-11-10-17-23(25)26(20-12-4-1-5-13-20)28(32)21-14-6-2-7-15-21/h1-19H. The van der Waals surface area contributed by atoms with E-state index in [1.54, 1.807) is 0 Å². The van der Waals surface area contributed by atoms with Gasteiger partial charge in [-0.05, 0) is 39.2 Å². The number of hydrogen-bond donors (Lipinski definition) is 0. The van der Waals surface area contributed by atoms with Crippen LogP contribution < -0.4 is 0 Å². The average molecular weight is 475 g/mol. The molecule has 2 heterocycles. The number of rotatable bonds is 3. The predicted molar refractivity (Wildman–Crippen MR) is 136 cm³/mol. The van der Waals surface area contributed by atoms with Crippen LogP contribution in [0.1, 0.15) is 0 Å². The van der Waals surface area contributed by atoms with Gasteiger partial charge in [0.05, 0.1) is 21.4 Å². The fourth-order valence-corrected chi connectivity index (χ4v) is 5.08. The molecule has 2 nitrogen and oxygen atoms in total. The highest BCUT2D eigenvalue weighted by molar-refractivity contribution is 9.10. The number of benzene rings is 3. The first-order chi connectivity index (χ1) is 15.8. The van der Waals surface area contributed by atoms with Crippen LogP contribution in [0.2, 0.25) is 0 Å². The number of fused-ring (bicyclic) bond motifs is 2. The molecule has 2 aliphatic rings. The van der Waals surface area contributed by atoms with Crippen LogP contribution in [0.4, 0.5) is 0 Å². The molecule has 0 N–H and O–H groups in total. The maximum absolute atomic E-state index is 5.08. The summed E-state index contributed by atoms with van der Waals surface area (Å²) in [5, 5.41) is 1.21. The predicted octanol–water partition coefficient (Wildman–Crippen LogP) is 8.23. The van der Waals surface area contributed by atoms with E-state index in [4.69, 9.17) is 4.98 Å². The molecule has 0 radical (unpaired) electrons. The molecule has 0 fully saturated rings. The Labute approximate surface area is 195 Å². The third-order valence-corrected chi connectivity index (χ3v) is 6.65. The second-order valence-corrected chi connectivity index (χ2v) is 8.56. The van der Waals surface area contributed by atoms with Crippen LogP contribution in [0, 0.1) is 0 Å². The monoisotopic (exact) mass is 474 g/mol. The van der Waals surface area contributed by atoms with Gasteiger partial charge in [-0.2, -0.15) is 0 Å². The minimum Gasteiger partial charge on any atom is -0.292 e. The molecule has 32 heavy (non-hydrogen) atoms. The minimum atomic E-state index is 0.906. The molecule has 1 aliphatic heterocycles. The molecule has 0 saturated heterocycles. The molecular weight excluding hydrogens is 456 g/mol. The Morgan fingerprint density at radius 3 is 1.94 bits per heavy atom. The molecule has 1 aliphatic carbocycles. The van der Waals surface area contributed by atoms with E-state index in [-0.39, 0.29) is 0 Å². The van der Waals surface area contributed by atoms with Gasteiger partial charge in [-0.25, -0.2) is 4.98 Å². The van der Waals surface area contributed by atoms with Crippen LogP contribution in [0.5, 0.6) is 0 Å². The van der Waals surface area contributed by atoms with Crippen LogP contribution in [0.25, 0.3) is 50.4 Å². The molecule has 3 aromatic carbocycles. The Morgan fingerprint density at radius 2 is 1.19 bits per heavy atom. The Balaban J connectivity index is 1.80. The van der Waals surface area contributed by atoms with Gasteiger partial charge in [-0.15, -0.1) is 0 Å². The summed E-state index contributed by atoms with van der Waals surface area (Å²) in [7, 11) is 0. The first kappa shape index (κ1) is 19.0. The molecular formula is C29H19BrN2. The van der Waals surface area contributed by atoms with Crippen LogP contribution in [0.3, 0.4) is 0 Å². The lowest BCUT2D eigenvalue weighted by molar-refractivity contribution is 1.07. The highest BCUT2D eigenvalue weighted by atomic mass is 79.9. The quantitative estimate of drug-likeness (QED) is 0.252. The van der Waals surface area contributed by atoms with Crippen LogP contribution in [-0.4, -0.2) is 9.55 Å². The van der Waals surface area contributed by atoms with E-state index in [9.17, 15) is 0 Å². The first-order valence-electron chi connectivity index (χ1n) is 10.6. The van der Waals surface area contributed by atoms with Gasteiger partial charge in [0.15, 0.2) is 5.82 Å². The molecule has 3 heteroatoms. The Bertz CT molecular complexity index is 1520. The number of para-hydroxylation sites is 1. The molecule has 0 bridgehead atoms. The van der Waals surface area contributed by atoms with Crippen molar-refractivity contribution in [2.75, 3.05) is 0 Å². The van der Waals surface area contributed by atoms with Crippen molar-refractivity contribution in [3.63, 3.8) is 0 Å². The fraction of sp³-hybridized carbons (Fsp3) is 0. The minimum absolute atomic E-state index is 0.906. The van der Waals surface area contributed by atoms with Crippen molar-refractivity contribution in [2.24, 2.45) is 0 Å². The summed E-state index contributed by atoms with van der Waals surface area (Å²) in [6.45, 7) is 0. The Hall–Kier alpha value is -3.69. The molecule has 0 amide bonds. The Kier molecular flexibility index (Phi) is 4.62. The van der Waals surface area contributed by atoms with Gasteiger partial charge in [-0.3, -0.25) is 4.57 Å². The van der Waals surface area contributed by atoms with Crippen molar-refractivity contribution in [2.45, 2.75) is 0 Å². The fourth-order valence-electron chi connectivity index (χ4n) is 4.48. The largest absolute Gasteiger partial charge is 0.292 e. The lowest BCUT2D eigenvalue weighted by Crippen LogP contribution is -1.98. The lowest BCUT2D eigenvalue weighted by atomic mass is 9.98. The van der Waals surface area contributed by atoms with Crippen molar-refractivity contribution < 1.29 is 0 Å². The van der Waals surface area contributed by atoms with E-state index in [0.717, 1.165) is 38.3 Å². The van der Waals surface area contributed by atoms with Gasteiger partial charge in [-0.1, -0.05) is 103 Å². The summed E-state index contributed by atoms with van der Waals surface area (Å²) in [6.07, 6.45) is 0. The molecule has 4 aromatic rings. The summed E-state index contributed by atoms with van der Waals surface area (Å²) < 4.78 is 3.30. The van der Waals surface area contributed by atoms with E-state index in [2.05, 4.69) is 124 Å². The van der Waals surface area contributed by atoms with Crippen LogP contribution in [-0.2, 0) is 0 Å². The maximum Gasteiger partial charge on any atom is 0.153 e. The zero-order valence-corrected chi connectivity index (χ0v) is 18.8. The maximum atomic E-state index is 5.08. The van der Waals surface area contributed by atoms with Gasteiger partial charge in [0, 0.05) is 16.5 Å². The molecule has 0 atom stereocenters. The number of halogens is 1. The average Bonchev–Trinajstić information content (AvgIpc) is 3.23. The lowest BCUT2D eigenvalue weighted by Gasteiger charge is -2.12. The zero-order chi connectivity index (χ0) is 21.5. The highest BCUT2D eigenvalue weighted by Crippen LogP contribution is 2.45. The molecule has 152 valence electrons. The SMILES string of the molecule is Brc1c2cccccc-2nc1-n1c(-c2ccccc2)c(-c2ccccc2)c2ccccc21. The van der Waals surface area contributed by atoms with Crippen molar-refractivity contribution in [1.29, 1.82) is 0 Å². The van der Waals surface area contributed by atoms with E-state index >= 15 is 0 Å². The third-order valence-electron chi connectivity index (χ3n) is 5.87. The van der Waals surface area contributed by atoms with Crippen molar-refractivity contribution in [3.8, 4) is 39.5 Å². The smallest absolute Gasteiger partial charge is 0.153 e. The van der Waals surface area contributed by atoms with Gasteiger partial charge in [0.1, 0.15) is 0 Å². The number of aromatic nitrogens is 2. The molecule has 6 rings (SSSR count). The van der Waals surface area contributed by atoms with E-state index in [0.29, 0.717) is 0 Å². The topological polar surface area (TPSA) is 17.8 Å². The second-order valence-electron chi connectivity index (χ2n) is 7.77. The van der Waals surface area contributed by atoms with Gasteiger partial charge >= 0.3 is 0 Å². The summed E-state index contributed by atoms with van der Waals surface area (Å²) in [4.78, 5) is 5.08. The van der Waals surface area contributed by atoms with E-state index < -0.39 is 0 Å². The molecule has 0 spiro atoms. The summed E-state index contributed by atoms with van der Waals surface area (Å²) in [5.74, 6) is 0.906. The van der Waals surface area contributed by atoms with Crippen LogP contribution in [0.15, 0.2) is 120 Å². The van der Waals surface area contributed by atoms with Gasteiger partial charge < -0.3 is 0 Å². The number of hydrogen-bond acceptors (Lipinski definition) is 1. The van der Waals surface area contributed by atoms with Gasteiger partial charge in [0.2, 0.25) is 0 Å². The third kappa shape index (κ3) is 2.97. The number of nitrogens with zero attached hydrogens (tertiary/aromatic N) is 2. The van der Waals surface area contributed by atoms with E-state index in [1.165, 1.54) is 16.5 Å². The van der Waals surface area contributed by atoms with Crippen molar-refractivity contribution in [3.05, 3.63) is 120 Å². The normalized spacial score (nSPS) is 11.3. The summed E-state index contributed by atoms with van der Waals surface area (Å²) in [5.41, 5.74) is 7.92. The first-order valence-corrected chi connectivity index (χ1v) is 11.4. The molecule has 1 aromatic heterocycles. The molecule has 0 saturated carbocycles. The zero-order valence-electron chi connectivity index (χ0n) is 17.2. The van der Waals surface area contributed by atoms with Crippen LogP contribution >= 0.6 is 15.9 Å². The van der Waals surface area contributed by atoms with Crippen molar-refractivity contribution in [1.82, 2.24) is 9.55 Å². The van der Waals surface area contributed by atoms with Gasteiger partial charge in [0.25, 0.3) is 0 Å². The highest BCUT2D eigenvalue weighted by Gasteiger charge is 2.25. The van der Waals surface area contributed by atoms with Crippen molar-refractivity contribution >= 4 is 26.8 Å². The summed E-state index contributed by atoms with van der Waals surface area (Å²) >= 11 is 3.88. The van der Waals surface area contributed by atoms with E-state index in [1.807, 2.05) is 12.1 Å². The molecule has 0 unspecified atom stereocenters. The second kappa shape index (κ2) is 7.77. The summed E-state index contributed by atoms with van der Waals surface area (Å²) in [6, 6.07) is 40.1. The Morgan fingerprint density at radius 1 is 0.594 bits per heavy atom.